The Labute approximate surface area is 131 Å². The Morgan fingerprint density at radius 3 is 1.52 bits per heavy atom. The molecule has 0 spiro atoms. The molecule has 0 fully saturated rings. The highest BCUT2D eigenvalue weighted by Crippen LogP contribution is 2.18. The van der Waals surface area contributed by atoms with Gasteiger partial charge in [-0.1, -0.05) is 26.0 Å². The van der Waals surface area contributed by atoms with E-state index in [0.29, 0.717) is 11.7 Å². The van der Waals surface area contributed by atoms with Gasteiger partial charge in [-0.05, 0) is 62.9 Å². The average Bonchev–Trinajstić information content (AvgIpc) is 2.27. The molecule has 0 saturated heterocycles. The number of phenolic OH excluding ortho intramolecular Hbond substituents is 1. The third kappa shape index (κ3) is 15.5. The lowest BCUT2D eigenvalue weighted by Crippen LogP contribution is -2.39. The summed E-state index contributed by atoms with van der Waals surface area (Å²) in [6, 6.07) is 7.37. The summed E-state index contributed by atoms with van der Waals surface area (Å²) < 4.78 is 5.90. The largest absolute Gasteiger partial charge is 0.508 e. The van der Waals surface area contributed by atoms with Gasteiger partial charge in [0.1, 0.15) is 5.75 Å². The molecule has 6 heteroatoms. The topological polar surface area (TPSA) is 69.9 Å². The first-order chi connectivity index (χ1) is 9.41. The van der Waals surface area contributed by atoms with Crippen molar-refractivity contribution in [1.29, 1.82) is 0 Å². The lowest BCUT2D eigenvalue weighted by atomic mass is 10.0. The van der Waals surface area contributed by atoms with E-state index >= 15 is 0 Å². The molecule has 0 radical (unpaired) electrons. The van der Waals surface area contributed by atoms with E-state index in [1.165, 1.54) is 5.56 Å². The highest BCUT2D eigenvalue weighted by atomic mass is 28.4. The zero-order valence-electron chi connectivity index (χ0n) is 14.6. The van der Waals surface area contributed by atoms with Crippen LogP contribution in [-0.2, 0) is 4.12 Å². The number of rotatable bonds is 3. The molecule has 0 unspecified atom stereocenters. The number of hydrogen-bond donors (Lipinski definition) is 3. The standard InChI is InChI=1S/C9H12O.C6H18OSi2.H2O2/c1-7(2)8-4-3-5-9(10)6-8;1-8(2,3)7-9(4,5)6;1-2/h3-7,10H,1-2H3;1-6H3;1-2H. The van der Waals surface area contributed by atoms with Crippen molar-refractivity contribution in [3.8, 4) is 5.75 Å². The predicted octanol–water partition coefficient (Wildman–Crippen LogP) is 5.21. The summed E-state index contributed by atoms with van der Waals surface area (Å²) in [5, 5.41) is 21.1. The van der Waals surface area contributed by atoms with Crippen molar-refractivity contribution in [3.63, 3.8) is 0 Å². The first-order valence-electron chi connectivity index (χ1n) is 7.10. The number of benzene rings is 1. The second-order valence-electron chi connectivity index (χ2n) is 7.08. The second kappa shape index (κ2) is 10.1. The van der Waals surface area contributed by atoms with Crippen molar-refractivity contribution in [2.75, 3.05) is 0 Å². The Morgan fingerprint density at radius 1 is 0.905 bits per heavy atom. The minimum Gasteiger partial charge on any atom is -0.508 e. The van der Waals surface area contributed by atoms with Crippen LogP contribution in [0.2, 0.25) is 39.3 Å². The molecule has 0 aliphatic heterocycles. The van der Waals surface area contributed by atoms with Crippen LogP contribution in [-0.4, -0.2) is 32.3 Å². The average molecular weight is 333 g/mol. The van der Waals surface area contributed by atoms with Crippen molar-refractivity contribution >= 4 is 16.6 Å². The van der Waals surface area contributed by atoms with E-state index in [0.717, 1.165) is 0 Å². The molecule has 1 rings (SSSR count). The van der Waals surface area contributed by atoms with E-state index in [9.17, 15) is 0 Å². The van der Waals surface area contributed by atoms with E-state index in [-0.39, 0.29) is 0 Å². The number of hydrogen-bond acceptors (Lipinski definition) is 4. The van der Waals surface area contributed by atoms with Gasteiger partial charge in [-0.2, -0.15) is 0 Å². The zero-order valence-corrected chi connectivity index (χ0v) is 16.6. The van der Waals surface area contributed by atoms with Gasteiger partial charge in [-0.15, -0.1) is 0 Å². The van der Waals surface area contributed by atoms with Crippen LogP contribution in [0.1, 0.15) is 25.3 Å². The van der Waals surface area contributed by atoms with Crippen LogP contribution < -0.4 is 0 Å². The van der Waals surface area contributed by atoms with Gasteiger partial charge < -0.3 is 9.22 Å². The van der Waals surface area contributed by atoms with E-state index in [1.54, 1.807) is 12.1 Å². The van der Waals surface area contributed by atoms with Crippen molar-refractivity contribution in [2.45, 2.75) is 59.0 Å². The Bertz CT molecular complexity index is 370. The van der Waals surface area contributed by atoms with E-state index < -0.39 is 16.6 Å². The Balaban J connectivity index is 0. The minimum atomic E-state index is -1.23. The molecule has 0 atom stereocenters. The molecular weight excluding hydrogens is 300 g/mol. The van der Waals surface area contributed by atoms with Crippen LogP contribution in [0.3, 0.4) is 0 Å². The normalized spacial score (nSPS) is 11.2. The summed E-state index contributed by atoms with van der Waals surface area (Å²) in [5.74, 6) is 0.846. The molecule has 0 amide bonds. The quantitative estimate of drug-likeness (QED) is 0.404. The molecule has 3 N–H and O–H groups in total. The fourth-order valence-corrected chi connectivity index (χ4v) is 9.15. The van der Waals surface area contributed by atoms with Gasteiger partial charge in [-0.3, -0.25) is 10.5 Å². The molecule has 0 aliphatic rings. The van der Waals surface area contributed by atoms with E-state index in [2.05, 4.69) is 53.1 Å². The molecule has 0 saturated carbocycles. The Kier molecular flexibility index (Phi) is 10.9. The molecule has 0 aromatic heterocycles. The maximum atomic E-state index is 9.06. The van der Waals surface area contributed by atoms with Gasteiger partial charge in [0.25, 0.3) is 0 Å². The molecule has 0 aliphatic carbocycles. The summed E-state index contributed by atoms with van der Waals surface area (Å²) in [4.78, 5) is 0. The maximum absolute atomic E-state index is 9.06. The summed E-state index contributed by atoms with van der Waals surface area (Å²) in [6.07, 6.45) is 0. The SMILES string of the molecule is CC(C)c1cccc(O)c1.C[Si](C)(C)O[Si](C)(C)C.OO. The van der Waals surface area contributed by atoms with E-state index in [1.807, 2.05) is 12.1 Å². The smallest absolute Gasteiger partial charge is 0.170 e. The third-order valence-electron chi connectivity index (χ3n) is 2.15. The van der Waals surface area contributed by atoms with Crippen LogP contribution in [0.25, 0.3) is 0 Å². The molecule has 0 heterocycles. The number of phenols is 1. The highest BCUT2D eigenvalue weighted by Gasteiger charge is 2.24. The third-order valence-corrected chi connectivity index (χ3v) is 7.05. The molecule has 1 aromatic carbocycles. The Hall–Kier alpha value is -0.666. The fraction of sp³-hybridized carbons (Fsp3) is 0.600. The fourth-order valence-electron chi connectivity index (χ4n) is 1.80. The lowest BCUT2D eigenvalue weighted by Gasteiger charge is -2.27. The molecule has 124 valence electrons. The first kappa shape index (κ1) is 22.6. The van der Waals surface area contributed by atoms with Crippen LogP contribution in [0.15, 0.2) is 24.3 Å². The monoisotopic (exact) mass is 332 g/mol. The first-order valence-corrected chi connectivity index (χ1v) is 13.9. The van der Waals surface area contributed by atoms with Gasteiger partial charge >= 0.3 is 0 Å². The molecule has 0 bridgehead atoms. The van der Waals surface area contributed by atoms with Gasteiger partial charge in [0.2, 0.25) is 0 Å². The van der Waals surface area contributed by atoms with Gasteiger partial charge in [0, 0.05) is 0 Å². The highest BCUT2D eigenvalue weighted by molar-refractivity contribution is 6.83. The summed E-state index contributed by atoms with van der Waals surface area (Å²) in [6.45, 7) is 17.7. The lowest BCUT2D eigenvalue weighted by molar-refractivity contribution is -0.176. The molecular formula is C15H32O4Si2. The number of aromatic hydroxyl groups is 1. The molecule has 21 heavy (non-hydrogen) atoms. The summed E-state index contributed by atoms with van der Waals surface area (Å²) in [7, 11) is -2.46. The van der Waals surface area contributed by atoms with Crippen molar-refractivity contribution in [3.05, 3.63) is 29.8 Å². The predicted molar refractivity (Wildman–Crippen MR) is 95.2 cm³/mol. The maximum Gasteiger partial charge on any atom is 0.170 e. The minimum absolute atomic E-state index is 0.353. The zero-order chi connectivity index (χ0) is 17.3. The van der Waals surface area contributed by atoms with Crippen LogP contribution >= 0.6 is 0 Å². The van der Waals surface area contributed by atoms with Crippen molar-refractivity contribution in [1.82, 2.24) is 0 Å². The van der Waals surface area contributed by atoms with Crippen molar-refractivity contribution < 1.29 is 19.7 Å². The van der Waals surface area contributed by atoms with Crippen molar-refractivity contribution in [2.24, 2.45) is 0 Å². The van der Waals surface area contributed by atoms with Gasteiger partial charge in [0.15, 0.2) is 16.6 Å². The van der Waals surface area contributed by atoms with Gasteiger partial charge in [0.05, 0.1) is 0 Å². The van der Waals surface area contributed by atoms with E-state index in [4.69, 9.17) is 19.7 Å². The summed E-state index contributed by atoms with van der Waals surface area (Å²) >= 11 is 0. The molecule has 4 nitrogen and oxygen atoms in total. The second-order valence-corrected chi connectivity index (χ2v) is 16.3. The summed E-state index contributed by atoms with van der Waals surface area (Å²) in [5.41, 5.74) is 1.18. The Morgan fingerprint density at radius 2 is 1.33 bits per heavy atom. The van der Waals surface area contributed by atoms with Crippen LogP contribution in [0, 0.1) is 0 Å². The van der Waals surface area contributed by atoms with Crippen LogP contribution in [0.5, 0.6) is 5.75 Å². The van der Waals surface area contributed by atoms with Gasteiger partial charge in [-0.25, -0.2) is 0 Å². The van der Waals surface area contributed by atoms with Crippen LogP contribution in [0.4, 0.5) is 0 Å². The molecule has 1 aromatic rings.